The fourth-order valence-electron chi connectivity index (χ4n) is 1.91. The Labute approximate surface area is 124 Å². The van der Waals surface area contributed by atoms with Crippen LogP contribution < -0.4 is 10.1 Å². The number of nitrogens with one attached hydrogen (secondary N) is 1. The van der Waals surface area contributed by atoms with Crippen molar-refractivity contribution in [3.8, 4) is 5.75 Å². The highest BCUT2D eigenvalue weighted by Crippen LogP contribution is 2.19. The summed E-state index contributed by atoms with van der Waals surface area (Å²) in [7, 11) is 0. The number of carbonyl (C=O) groups is 1. The van der Waals surface area contributed by atoms with Crippen LogP contribution >= 0.6 is 0 Å². The van der Waals surface area contributed by atoms with Crippen molar-refractivity contribution in [1.29, 1.82) is 0 Å². The van der Waals surface area contributed by atoms with Gasteiger partial charge in [0.2, 0.25) is 0 Å². The first-order valence-electron chi connectivity index (χ1n) is 6.82. The van der Waals surface area contributed by atoms with Gasteiger partial charge >= 0.3 is 0 Å². The van der Waals surface area contributed by atoms with E-state index in [1.54, 1.807) is 25.1 Å². The van der Waals surface area contributed by atoms with Gasteiger partial charge < -0.3 is 15.2 Å². The van der Waals surface area contributed by atoms with E-state index >= 15 is 0 Å². The van der Waals surface area contributed by atoms with Crippen LogP contribution in [-0.2, 0) is 4.79 Å². The van der Waals surface area contributed by atoms with E-state index in [2.05, 4.69) is 5.32 Å². The molecule has 0 saturated heterocycles. The summed E-state index contributed by atoms with van der Waals surface area (Å²) in [6.07, 6.45) is -0.561. The van der Waals surface area contributed by atoms with Crippen LogP contribution in [0.5, 0.6) is 5.75 Å². The maximum atomic E-state index is 11.9. The molecule has 0 saturated carbocycles. The lowest BCUT2D eigenvalue weighted by molar-refractivity contribution is -0.118. The zero-order chi connectivity index (χ0) is 15.2. The first kappa shape index (κ1) is 15.1. The first-order chi connectivity index (χ1) is 10.1. The molecule has 2 N–H and O–H groups in total. The van der Waals surface area contributed by atoms with Gasteiger partial charge in [0, 0.05) is 5.69 Å². The monoisotopic (exact) mass is 285 g/mol. The van der Waals surface area contributed by atoms with Crippen LogP contribution in [0.3, 0.4) is 0 Å². The van der Waals surface area contributed by atoms with Crippen molar-refractivity contribution in [3.63, 3.8) is 0 Å². The van der Waals surface area contributed by atoms with Crippen molar-refractivity contribution in [2.45, 2.75) is 20.0 Å². The average Bonchev–Trinajstić information content (AvgIpc) is 2.48. The molecule has 4 heteroatoms. The van der Waals surface area contributed by atoms with Crippen LogP contribution in [0, 0.1) is 6.92 Å². The Morgan fingerprint density at radius 3 is 2.71 bits per heavy atom. The van der Waals surface area contributed by atoms with Crippen molar-refractivity contribution < 1.29 is 14.6 Å². The van der Waals surface area contributed by atoms with Gasteiger partial charge in [-0.25, -0.2) is 0 Å². The van der Waals surface area contributed by atoms with E-state index in [0.29, 0.717) is 5.75 Å². The third kappa shape index (κ3) is 4.33. The Kier molecular flexibility index (Phi) is 4.95. The lowest BCUT2D eigenvalue weighted by Crippen LogP contribution is -2.20. The predicted molar refractivity (Wildman–Crippen MR) is 82.4 cm³/mol. The van der Waals surface area contributed by atoms with E-state index in [4.69, 9.17) is 4.74 Å². The number of benzene rings is 2. The minimum atomic E-state index is -0.561. The van der Waals surface area contributed by atoms with Gasteiger partial charge in [-0.2, -0.15) is 0 Å². The molecule has 0 aromatic heterocycles. The van der Waals surface area contributed by atoms with Crippen LogP contribution in [-0.4, -0.2) is 17.6 Å². The third-order valence-corrected chi connectivity index (χ3v) is 3.13. The molecule has 2 aromatic carbocycles. The van der Waals surface area contributed by atoms with Gasteiger partial charge in [0.1, 0.15) is 5.75 Å². The van der Waals surface area contributed by atoms with Crippen molar-refractivity contribution in [2.24, 2.45) is 0 Å². The van der Waals surface area contributed by atoms with E-state index in [-0.39, 0.29) is 12.5 Å². The molecule has 21 heavy (non-hydrogen) atoms. The summed E-state index contributed by atoms with van der Waals surface area (Å²) < 4.78 is 5.45. The molecule has 0 aliphatic rings. The highest BCUT2D eigenvalue weighted by atomic mass is 16.5. The minimum absolute atomic E-state index is 0.0718. The number of amides is 1. The van der Waals surface area contributed by atoms with Gasteiger partial charge in [-0.1, -0.05) is 30.3 Å². The summed E-state index contributed by atoms with van der Waals surface area (Å²) in [5.74, 6) is 0.347. The quantitative estimate of drug-likeness (QED) is 0.887. The Bertz CT molecular complexity index is 623. The summed E-state index contributed by atoms with van der Waals surface area (Å²) in [4.78, 5) is 11.9. The molecule has 1 atom stereocenters. The Morgan fingerprint density at radius 1 is 1.24 bits per heavy atom. The summed E-state index contributed by atoms with van der Waals surface area (Å²) in [5, 5.41) is 12.3. The van der Waals surface area contributed by atoms with Crippen molar-refractivity contribution in [2.75, 3.05) is 11.9 Å². The molecule has 0 spiro atoms. The molecule has 0 fully saturated rings. The van der Waals surface area contributed by atoms with Crippen molar-refractivity contribution in [3.05, 3.63) is 59.7 Å². The summed E-state index contributed by atoms with van der Waals surface area (Å²) in [6.45, 7) is 3.55. The first-order valence-corrected chi connectivity index (χ1v) is 6.82. The van der Waals surface area contributed by atoms with E-state index in [1.165, 1.54) is 0 Å². The van der Waals surface area contributed by atoms with Crippen molar-refractivity contribution in [1.82, 2.24) is 0 Å². The standard InChI is InChI=1S/C17H19NO3/c1-12-6-3-4-9-16(12)18-17(20)11-21-15-8-5-7-14(10-15)13(2)19/h3-10,13,19H,11H2,1-2H3,(H,18,20)/t13-/m0/s1. The van der Waals surface area contributed by atoms with Gasteiger partial charge in [0.15, 0.2) is 6.61 Å². The number of aliphatic hydroxyl groups excluding tert-OH is 1. The predicted octanol–water partition coefficient (Wildman–Crippen LogP) is 3.07. The fraction of sp³-hybridized carbons (Fsp3) is 0.235. The van der Waals surface area contributed by atoms with Gasteiger partial charge in [-0.15, -0.1) is 0 Å². The molecular weight excluding hydrogens is 266 g/mol. The molecule has 1 amide bonds. The van der Waals surface area contributed by atoms with Crippen LogP contribution in [0.25, 0.3) is 0 Å². The number of anilines is 1. The number of para-hydroxylation sites is 1. The number of rotatable bonds is 5. The topological polar surface area (TPSA) is 58.6 Å². The summed E-state index contributed by atoms with van der Waals surface area (Å²) in [5.41, 5.74) is 2.54. The van der Waals surface area contributed by atoms with Crippen LogP contribution in [0.2, 0.25) is 0 Å². The molecule has 0 aliphatic heterocycles. The van der Waals surface area contributed by atoms with Crippen molar-refractivity contribution >= 4 is 11.6 Å². The lowest BCUT2D eigenvalue weighted by Gasteiger charge is -2.11. The van der Waals surface area contributed by atoms with Gasteiger partial charge in [0.25, 0.3) is 5.91 Å². The normalized spacial score (nSPS) is 11.8. The van der Waals surface area contributed by atoms with E-state index in [0.717, 1.165) is 16.8 Å². The summed E-state index contributed by atoms with van der Waals surface area (Å²) >= 11 is 0. The van der Waals surface area contributed by atoms with Gasteiger partial charge in [-0.05, 0) is 43.2 Å². The lowest BCUT2D eigenvalue weighted by atomic mass is 10.1. The second kappa shape index (κ2) is 6.90. The van der Waals surface area contributed by atoms with Crippen LogP contribution in [0.4, 0.5) is 5.69 Å². The second-order valence-corrected chi connectivity index (χ2v) is 4.90. The Hall–Kier alpha value is -2.33. The molecule has 2 rings (SSSR count). The number of ether oxygens (including phenoxy) is 1. The zero-order valence-corrected chi connectivity index (χ0v) is 12.2. The number of hydrogen-bond donors (Lipinski definition) is 2. The average molecular weight is 285 g/mol. The summed E-state index contributed by atoms with van der Waals surface area (Å²) in [6, 6.07) is 14.7. The van der Waals surface area contributed by atoms with Crippen LogP contribution in [0.1, 0.15) is 24.2 Å². The highest BCUT2D eigenvalue weighted by molar-refractivity contribution is 5.92. The number of aryl methyl sites for hydroxylation is 1. The SMILES string of the molecule is Cc1ccccc1NC(=O)COc1cccc([C@H](C)O)c1. The molecule has 0 radical (unpaired) electrons. The Balaban J connectivity index is 1.92. The van der Waals surface area contributed by atoms with E-state index in [9.17, 15) is 9.90 Å². The second-order valence-electron chi connectivity index (χ2n) is 4.90. The van der Waals surface area contributed by atoms with Gasteiger partial charge in [-0.3, -0.25) is 4.79 Å². The Morgan fingerprint density at radius 2 is 2.00 bits per heavy atom. The molecule has 0 aliphatic carbocycles. The number of carbonyl (C=O) groups excluding carboxylic acids is 1. The zero-order valence-electron chi connectivity index (χ0n) is 12.2. The van der Waals surface area contributed by atoms with Gasteiger partial charge in [0.05, 0.1) is 6.10 Å². The molecule has 110 valence electrons. The largest absolute Gasteiger partial charge is 0.484 e. The minimum Gasteiger partial charge on any atom is -0.484 e. The molecular formula is C17H19NO3. The van der Waals surface area contributed by atoms with Crippen LogP contribution in [0.15, 0.2) is 48.5 Å². The fourth-order valence-corrected chi connectivity index (χ4v) is 1.91. The number of hydrogen-bond acceptors (Lipinski definition) is 3. The molecule has 0 bridgehead atoms. The molecule has 2 aromatic rings. The molecule has 0 heterocycles. The third-order valence-electron chi connectivity index (χ3n) is 3.13. The maximum Gasteiger partial charge on any atom is 0.262 e. The highest BCUT2D eigenvalue weighted by Gasteiger charge is 2.07. The van der Waals surface area contributed by atoms with E-state index in [1.807, 2.05) is 37.3 Å². The smallest absolute Gasteiger partial charge is 0.262 e. The molecule has 0 unspecified atom stereocenters. The number of aliphatic hydroxyl groups is 1. The van der Waals surface area contributed by atoms with E-state index < -0.39 is 6.10 Å². The molecule has 4 nitrogen and oxygen atoms in total. The maximum absolute atomic E-state index is 11.9.